The van der Waals surface area contributed by atoms with E-state index in [0.717, 1.165) is 38.9 Å². The normalized spacial score (nSPS) is 30.7. The quantitative estimate of drug-likeness (QED) is 0.690. The minimum absolute atomic E-state index is 0.00194. The van der Waals surface area contributed by atoms with Crippen LogP contribution < -0.4 is 16.0 Å². The molecule has 0 unspecified atom stereocenters. The minimum Gasteiger partial charge on any atom is -0.365 e. The van der Waals surface area contributed by atoms with Gasteiger partial charge in [-0.2, -0.15) is 0 Å². The molecular formula is C19H29N5O3. The Balaban J connectivity index is 1.53. The highest BCUT2D eigenvalue weighted by Gasteiger charge is 2.77. The van der Waals surface area contributed by atoms with Crippen molar-refractivity contribution in [1.29, 1.82) is 0 Å². The Kier molecular flexibility index (Phi) is 4.50. The summed E-state index contributed by atoms with van der Waals surface area (Å²) in [5, 5.41) is 9.28. The van der Waals surface area contributed by atoms with Crippen molar-refractivity contribution in [3.8, 4) is 0 Å². The Morgan fingerprint density at radius 2 is 2.07 bits per heavy atom. The second-order valence-electron chi connectivity index (χ2n) is 8.33. The lowest BCUT2D eigenvalue weighted by molar-refractivity contribution is -0.135. The van der Waals surface area contributed by atoms with Gasteiger partial charge in [0.05, 0.1) is 22.9 Å². The van der Waals surface area contributed by atoms with Crippen molar-refractivity contribution in [3.63, 3.8) is 0 Å². The molecule has 0 atom stereocenters. The zero-order chi connectivity index (χ0) is 19.1. The van der Waals surface area contributed by atoms with Gasteiger partial charge in [0, 0.05) is 26.2 Å². The molecule has 1 aromatic heterocycles. The molecule has 8 heteroatoms. The number of anilines is 1. The maximum Gasteiger partial charge on any atom is 0.234 e. The molecule has 0 radical (unpaired) electrons. The number of nitrogens with zero attached hydrogens (tertiary/aromatic N) is 2. The number of aryl methyl sites for hydroxylation is 1. The van der Waals surface area contributed by atoms with Crippen LogP contribution in [0.1, 0.15) is 46.0 Å². The fourth-order valence-electron chi connectivity index (χ4n) is 5.22. The SMILES string of the molecule is CCCn1cnc(NC(=O)C23CC(CNC(C)=O)(C2)OC32CCNCC2)c1. The molecule has 1 aliphatic carbocycles. The highest BCUT2D eigenvalue weighted by molar-refractivity contribution is 5.97. The van der Waals surface area contributed by atoms with Crippen molar-refractivity contribution < 1.29 is 14.3 Å². The zero-order valence-corrected chi connectivity index (χ0v) is 16.1. The van der Waals surface area contributed by atoms with E-state index >= 15 is 0 Å². The second-order valence-corrected chi connectivity index (χ2v) is 8.33. The maximum absolute atomic E-state index is 13.3. The summed E-state index contributed by atoms with van der Waals surface area (Å²) in [6.45, 7) is 6.66. The largest absolute Gasteiger partial charge is 0.365 e. The van der Waals surface area contributed by atoms with Crippen molar-refractivity contribution in [3.05, 3.63) is 12.5 Å². The van der Waals surface area contributed by atoms with E-state index in [-0.39, 0.29) is 11.8 Å². The number of ether oxygens (including phenoxy) is 1. The summed E-state index contributed by atoms with van der Waals surface area (Å²) >= 11 is 0. The van der Waals surface area contributed by atoms with Crippen molar-refractivity contribution in [2.45, 2.75) is 63.7 Å². The lowest BCUT2D eigenvalue weighted by Gasteiger charge is -2.47. The van der Waals surface area contributed by atoms with Gasteiger partial charge < -0.3 is 25.3 Å². The van der Waals surface area contributed by atoms with Gasteiger partial charge in [0.25, 0.3) is 0 Å². The molecule has 3 saturated heterocycles. The number of rotatable bonds is 6. The molecule has 27 heavy (non-hydrogen) atoms. The molecule has 4 heterocycles. The molecule has 1 saturated carbocycles. The van der Waals surface area contributed by atoms with E-state index in [4.69, 9.17) is 4.74 Å². The van der Waals surface area contributed by atoms with Crippen LogP contribution in [-0.2, 0) is 20.9 Å². The van der Waals surface area contributed by atoms with Gasteiger partial charge in [-0.15, -0.1) is 0 Å². The lowest BCUT2D eigenvalue weighted by Crippen LogP contribution is -2.60. The van der Waals surface area contributed by atoms with Crippen molar-refractivity contribution >= 4 is 17.6 Å². The number of piperidine rings is 1. The molecule has 0 aromatic carbocycles. The third kappa shape index (κ3) is 2.95. The first kappa shape index (κ1) is 18.4. The summed E-state index contributed by atoms with van der Waals surface area (Å²) in [5.74, 6) is 0.530. The number of aromatic nitrogens is 2. The summed E-state index contributed by atoms with van der Waals surface area (Å²) in [6, 6.07) is 0. The predicted molar refractivity (Wildman–Crippen MR) is 100 cm³/mol. The molecule has 3 N–H and O–H groups in total. The van der Waals surface area contributed by atoms with Gasteiger partial charge in [0.1, 0.15) is 0 Å². The fourth-order valence-corrected chi connectivity index (χ4v) is 5.22. The number of nitrogens with one attached hydrogen (secondary N) is 3. The number of hydrogen-bond donors (Lipinski definition) is 3. The van der Waals surface area contributed by atoms with Gasteiger partial charge in [0.2, 0.25) is 11.8 Å². The van der Waals surface area contributed by atoms with Crippen LogP contribution in [0.2, 0.25) is 0 Å². The first-order valence-corrected chi connectivity index (χ1v) is 9.91. The van der Waals surface area contributed by atoms with Crippen LogP contribution in [0, 0.1) is 5.41 Å². The Morgan fingerprint density at radius 1 is 1.33 bits per heavy atom. The molecule has 4 fully saturated rings. The number of carbonyl (C=O) groups is 2. The smallest absolute Gasteiger partial charge is 0.234 e. The molecule has 2 amide bonds. The third-order valence-electron chi connectivity index (χ3n) is 6.39. The van der Waals surface area contributed by atoms with Crippen LogP contribution in [-0.4, -0.2) is 52.2 Å². The van der Waals surface area contributed by atoms with Gasteiger partial charge in [-0.1, -0.05) is 6.92 Å². The third-order valence-corrected chi connectivity index (χ3v) is 6.39. The van der Waals surface area contributed by atoms with Gasteiger partial charge in [-0.3, -0.25) is 9.59 Å². The van der Waals surface area contributed by atoms with E-state index < -0.39 is 16.6 Å². The van der Waals surface area contributed by atoms with E-state index in [9.17, 15) is 9.59 Å². The molecule has 148 valence electrons. The van der Waals surface area contributed by atoms with E-state index in [0.29, 0.717) is 25.2 Å². The Hall–Kier alpha value is -1.93. The average Bonchev–Trinajstić information content (AvgIpc) is 3.22. The Bertz CT molecular complexity index is 731. The highest BCUT2D eigenvalue weighted by atomic mass is 16.5. The topological polar surface area (TPSA) is 97.3 Å². The minimum atomic E-state index is -0.540. The maximum atomic E-state index is 13.3. The summed E-state index contributed by atoms with van der Waals surface area (Å²) < 4.78 is 8.55. The van der Waals surface area contributed by atoms with Crippen LogP contribution in [0.3, 0.4) is 0 Å². The number of hydrogen-bond acceptors (Lipinski definition) is 5. The fraction of sp³-hybridized carbons (Fsp3) is 0.737. The van der Waals surface area contributed by atoms with Crippen LogP contribution in [0.4, 0.5) is 5.82 Å². The summed E-state index contributed by atoms with van der Waals surface area (Å²) in [7, 11) is 0. The monoisotopic (exact) mass is 375 g/mol. The Morgan fingerprint density at radius 3 is 2.74 bits per heavy atom. The van der Waals surface area contributed by atoms with Crippen LogP contribution >= 0.6 is 0 Å². The standard InChI is InChI=1S/C19H29N5O3/c1-3-8-24-9-15(22-13-24)23-16(26)18-10-17(11-18,12-21-14(2)25)27-19(18)4-6-20-7-5-19/h9,13,20H,3-8,10-12H2,1-2H3,(H,21,25)(H,23,26). The summed E-state index contributed by atoms with van der Waals surface area (Å²) in [6.07, 6.45) is 7.59. The molecule has 2 bridgehead atoms. The lowest BCUT2D eigenvalue weighted by atomic mass is 9.53. The molecule has 5 rings (SSSR count). The van der Waals surface area contributed by atoms with Crippen molar-refractivity contribution in [1.82, 2.24) is 20.2 Å². The van der Waals surface area contributed by atoms with Gasteiger partial charge in [-0.05, 0) is 45.2 Å². The zero-order valence-electron chi connectivity index (χ0n) is 16.1. The van der Waals surface area contributed by atoms with E-state index in [1.54, 1.807) is 6.33 Å². The molecule has 1 spiro atoms. The molecule has 1 aromatic rings. The van der Waals surface area contributed by atoms with Crippen LogP contribution in [0.15, 0.2) is 12.5 Å². The molecule has 3 aliphatic heterocycles. The first-order valence-electron chi connectivity index (χ1n) is 9.91. The van der Waals surface area contributed by atoms with Gasteiger partial charge in [-0.25, -0.2) is 4.98 Å². The van der Waals surface area contributed by atoms with Crippen LogP contribution in [0.25, 0.3) is 0 Å². The average molecular weight is 375 g/mol. The van der Waals surface area contributed by atoms with Crippen molar-refractivity contribution in [2.24, 2.45) is 5.41 Å². The van der Waals surface area contributed by atoms with E-state index in [1.165, 1.54) is 6.92 Å². The van der Waals surface area contributed by atoms with Gasteiger partial charge in [0.15, 0.2) is 5.82 Å². The number of carbonyl (C=O) groups excluding carboxylic acids is 2. The predicted octanol–water partition coefficient (Wildman–Crippen LogP) is 1.04. The van der Waals surface area contributed by atoms with Crippen LogP contribution in [0.5, 0.6) is 0 Å². The van der Waals surface area contributed by atoms with E-state index in [2.05, 4.69) is 27.9 Å². The van der Waals surface area contributed by atoms with E-state index in [1.807, 2.05) is 10.8 Å². The molecule has 8 nitrogen and oxygen atoms in total. The van der Waals surface area contributed by atoms with Gasteiger partial charge >= 0.3 is 0 Å². The van der Waals surface area contributed by atoms with Crippen molar-refractivity contribution in [2.75, 3.05) is 25.0 Å². The summed E-state index contributed by atoms with van der Waals surface area (Å²) in [4.78, 5) is 29.0. The highest BCUT2D eigenvalue weighted by Crippen LogP contribution is 2.69. The first-order chi connectivity index (χ1) is 12.9. The number of imidazole rings is 1. The Labute approximate surface area is 159 Å². The second kappa shape index (κ2) is 6.60. The number of amides is 2. The summed E-state index contributed by atoms with van der Waals surface area (Å²) in [5.41, 5.74) is -1.41. The molecule has 4 aliphatic rings. The molecular weight excluding hydrogens is 346 g/mol.